The van der Waals surface area contributed by atoms with Gasteiger partial charge in [0.05, 0.1) is 21.2 Å². The summed E-state index contributed by atoms with van der Waals surface area (Å²) < 4.78 is 5.63. The van der Waals surface area contributed by atoms with Crippen molar-refractivity contribution < 1.29 is 9.53 Å². The van der Waals surface area contributed by atoms with E-state index in [-0.39, 0.29) is 27.6 Å². The zero-order valence-electron chi connectivity index (χ0n) is 11.5. The third-order valence-corrected chi connectivity index (χ3v) is 4.13. The van der Waals surface area contributed by atoms with Crippen LogP contribution in [0.25, 0.3) is 0 Å². The maximum Gasteiger partial charge on any atom is 0.253 e. The van der Waals surface area contributed by atoms with E-state index >= 15 is 0 Å². The van der Waals surface area contributed by atoms with Gasteiger partial charge in [-0.05, 0) is 38.8 Å². The number of benzene rings is 1. The van der Waals surface area contributed by atoms with E-state index in [2.05, 4.69) is 5.32 Å². The molecule has 0 aromatic heterocycles. The van der Waals surface area contributed by atoms with Gasteiger partial charge in [-0.2, -0.15) is 0 Å². The number of nitrogens with one attached hydrogen (secondary N) is 1. The van der Waals surface area contributed by atoms with Crippen LogP contribution in [0.5, 0.6) is 0 Å². The van der Waals surface area contributed by atoms with Crippen LogP contribution in [0.4, 0.5) is 5.69 Å². The molecule has 1 atom stereocenters. The van der Waals surface area contributed by atoms with Crippen molar-refractivity contribution in [3.05, 3.63) is 27.7 Å². The van der Waals surface area contributed by atoms with Gasteiger partial charge in [-0.15, -0.1) is 0 Å². The maximum absolute atomic E-state index is 12.3. The molecule has 3 N–H and O–H groups in total. The Morgan fingerprint density at radius 3 is 2.80 bits per heavy atom. The highest BCUT2D eigenvalue weighted by Gasteiger charge is 2.30. The molecule has 1 fully saturated rings. The number of nitrogens with two attached hydrogens (primary N) is 1. The van der Waals surface area contributed by atoms with Gasteiger partial charge in [0.25, 0.3) is 5.91 Å². The summed E-state index contributed by atoms with van der Waals surface area (Å²) in [5, 5.41) is 3.48. The number of amides is 1. The number of hydrogen-bond acceptors (Lipinski definition) is 3. The van der Waals surface area contributed by atoms with E-state index in [1.165, 1.54) is 12.1 Å². The first-order valence-corrected chi connectivity index (χ1v) is 7.23. The van der Waals surface area contributed by atoms with Crippen molar-refractivity contribution in [3.8, 4) is 0 Å². The standard InChI is InChI=1S/C14H18Cl2N2O2/c1-14(2)7-9(3-4-20-14)18-13(19)10-5-8(17)6-11(15)12(10)16/h5-6,9H,3-4,7,17H2,1-2H3,(H,18,19). The molecule has 1 aliphatic rings. The van der Waals surface area contributed by atoms with Crippen molar-refractivity contribution >= 4 is 34.8 Å². The number of anilines is 1. The monoisotopic (exact) mass is 316 g/mol. The van der Waals surface area contributed by atoms with E-state index in [4.69, 9.17) is 33.7 Å². The van der Waals surface area contributed by atoms with Crippen LogP contribution < -0.4 is 11.1 Å². The molecule has 4 nitrogen and oxygen atoms in total. The third kappa shape index (κ3) is 3.57. The Morgan fingerprint density at radius 2 is 2.15 bits per heavy atom. The largest absolute Gasteiger partial charge is 0.399 e. The average molecular weight is 317 g/mol. The Bertz CT molecular complexity index is 532. The van der Waals surface area contributed by atoms with Crippen LogP contribution in [0, 0.1) is 0 Å². The summed E-state index contributed by atoms with van der Waals surface area (Å²) in [7, 11) is 0. The minimum Gasteiger partial charge on any atom is -0.399 e. The molecule has 2 rings (SSSR count). The van der Waals surface area contributed by atoms with Crippen molar-refractivity contribution in [2.24, 2.45) is 0 Å². The molecule has 1 saturated heterocycles. The van der Waals surface area contributed by atoms with Crippen LogP contribution in [-0.2, 0) is 4.74 Å². The van der Waals surface area contributed by atoms with Gasteiger partial charge in [-0.25, -0.2) is 0 Å². The summed E-state index contributed by atoms with van der Waals surface area (Å²) in [6, 6.07) is 3.12. The second-order valence-corrected chi connectivity index (χ2v) is 6.42. The highest BCUT2D eigenvalue weighted by Crippen LogP contribution is 2.29. The highest BCUT2D eigenvalue weighted by molar-refractivity contribution is 6.44. The van der Waals surface area contributed by atoms with E-state index in [1.807, 2.05) is 13.8 Å². The molecule has 1 heterocycles. The van der Waals surface area contributed by atoms with Crippen molar-refractivity contribution in [1.82, 2.24) is 5.32 Å². The first-order chi connectivity index (χ1) is 9.28. The van der Waals surface area contributed by atoms with Gasteiger partial charge in [0.1, 0.15) is 0 Å². The molecule has 110 valence electrons. The molecular formula is C14H18Cl2N2O2. The number of carbonyl (C=O) groups excluding carboxylic acids is 1. The van der Waals surface area contributed by atoms with Gasteiger partial charge in [0.2, 0.25) is 0 Å². The molecule has 0 saturated carbocycles. The van der Waals surface area contributed by atoms with Crippen LogP contribution in [0.3, 0.4) is 0 Å². The summed E-state index contributed by atoms with van der Waals surface area (Å²) in [5.74, 6) is -0.257. The smallest absolute Gasteiger partial charge is 0.253 e. The topological polar surface area (TPSA) is 64.4 Å². The van der Waals surface area contributed by atoms with Crippen LogP contribution in [0.1, 0.15) is 37.0 Å². The minimum atomic E-state index is -0.257. The summed E-state index contributed by atoms with van der Waals surface area (Å²) in [6.07, 6.45) is 1.54. The minimum absolute atomic E-state index is 0.0579. The fourth-order valence-corrected chi connectivity index (χ4v) is 2.82. The van der Waals surface area contributed by atoms with E-state index in [0.29, 0.717) is 17.9 Å². The predicted octanol–water partition coefficient (Wildman–Crippen LogP) is 3.26. The molecule has 1 amide bonds. The van der Waals surface area contributed by atoms with E-state index in [0.717, 1.165) is 12.8 Å². The lowest BCUT2D eigenvalue weighted by Crippen LogP contribution is -2.45. The van der Waals surface area contributed by atoms with E-state index < -0.39 is 0 Å². The van der Waals surface area contributed by atoms with Gasteiger partial charge in [0, 0.05) is 18.3 Å². The molecule has 1 aliphatic heterocycles. The summed E-state index contributed by atoms with van der Waals surface area (Å²) in [6.45, 7) is 4.65. The second kappa shape index (κ2) is 5.80. The van der Waals surface area contributed by atoms with Crippen LogP contribution in [-0.4, -0.2) is 24.2 Å². The van der Waals surface area contributed by atoms with Crippen molar-refractivity contribution in [2.75, 3.05) is 12.3 Å². The third-order valence-electron chi connectivity index (χ3n) is 3.33. The number of rotatable bonds is 2. The Hall–Kier alpha value is -0.970. The normalized spacial score (nSPS) is 21.5. The predicted molar refractivity (Wildman–Crippen MR) is 81.4 cm³/mol. The van der Waals surface area contributed by atoms with E-state index in [9.17, 15) is 4.79 Å². The molecule has 1 unspecified atom stereocenters. The first kappa shape index (κ1) is 15.4. The Kier molecular flexibility index (Phi) is 4.47. The van der Waals surface area contributed by atoms with Gasteiger partial charge < -0.3 is 15.8 Å². The van der Waals surface area contributed by atoms with Crippen LogP contribution >= 0.6 is 23.2 Å². The molecule has 0 bridgehead atoms. The molecule has 6 heteroatoms. The maximum atomic E-state index is 12.3. The molecule has 0 radical (unpaired) electrons. The molecule has 20 heavy (non-hydrogen) atoms. The summed E-state index contributed by atoms with van der Waals surface area (Å²) in [5.41, 5.74) is 6.19. The molecular weight excluding hydrogens is 299 g/mol. The van der Waals surface area contributed by atoms with Crippen molar-refractivity contribution in [3.63, 3.8) is 0 Å². The lowest BCUT2D eigenvalue weighted by atomic mass is 9.94. The second-order valence-electron chi connectivity index (χ2n) is 5.64. The number of halogens is 2. The number of hydrogen-bond donors (Lipinski definition) is 2. The van der Waals surface area contributed by atoms with Crippen molar-refractivity contribution in [2.45, 2.75) is 38.3 Å². The number of carbonyl (C=O) groups is 1. The molecule has 0 aliphatic carbocycles. The van der Waals surface area contributed by atoms with Gasteiger partial charge in [0.15, 0.2) is 0 Å². The van der Waals surface area contributed by atoms with Gasteiger partial charge in [-0.3, -0.25) is 4.79 Å². The lowest BCUT2D eigenvalue weighted by molar-refractivity contribution is -0.0615. The summed E-state index contributed by atoms with van der Waals surface area (Å²) >= 11 is 12.0. The Morgan fingerprint density at radius 1 is 1.45 bits per heavy atom. The number of ether oxygens (including phenoxy) is 1. The van der Waals surface area contributed by atoms with Crippen LogP contribution in [0.15, 0.2) is 12.1 Å². The zero-order chi connectivity index (χ0) is 14.9. The highest BCUT2D eigenvalue weighted by atomic mass is 35.5. The molecule has 1 aromatic carbocycles. The fraction of sp³-hybridized carbons (Fsp3) is 0.500. The van der Waals surface area contributed by atoms with Crippen molar-refractivity contribution in [1.29, 1.82) is 0 Å². The van der Waals surface area contributed by atoms with Crippen LogP contribution in [0.2, 0.25) is 10.0 Å². The fourth-order valence-electron chi connectivity index (χ4n) is 2.39. The molecule has 0 spiro atoms. The Labute approximate surface area is 128 Å². The first-order valence-electron chi connectivity index (χ1n) is 6.48. The zero-order valence-corrected chi connectivity index (χ0v) is 13.0. The average Bonchev–Trinajstić information content (AvgIpc) is 2.32. The lowest BCUT2D eigenvalue weighted by Gasteiger charge is -2.35. The van der Waals surface area contributed by atoms with Gasteiger partial charge in [-0.1, -0.05) is 23.2 Å². The SMILES string of the molecule is CC1(C)CC(NC(=O)c2cc(N)cc(Cl)c2Cl)CCO1. The number of nitrogen functional groups attached to an aromatic ring is 1. The Balaban J connectivity index is 2.13. The van der Waals surface area contributed by atoms with E-state index in [1.54, 1.807) is 0 Å². The van der Waals surface area contributed by atoms with Gasteiger partial charge >= 0.3 is 0 Å². The quantitative estimate of drug-likeness (QED) is 0.823. The molecule has 1 aromatic rings. The summed E-state index contributed by atoms with van der Waals surface area (Å²) in [4.78, 5) is 12.3.